The lowest BCUT2D eigenvalue weighted by atomic mass is 9.83. The summed E-state index contributed by atoms with van der Waals surface area (Å²) in [5.74, 6) is -0.374. The molecule has 2 heterocycles. The summed E-state index contributed by atoms with van der Waals surface area (Å²) in [6.07, 6.45) is 3.31. The topological polar surface area (TPSA) is 86.3 Å². The van der Waals surface area contributed by atoms with E-state index < -0.39 is 5.41 Å². The molecule has 1 atom stereocenters. The third-order valence-corrected chi connectivity index (χ3v) is 6.87. The van der Waals surface area contributed by atoms with Crippen LogP contribution in [0, 0.1) is 0 Å². The number of fused-ring (bicyclic) bond motifs is 1. The van der Waals surface area contributed by atoms with Gasteiger partial charge in [0.05, 0.1) is 22.9 Å². The fraction of sp³-hybridized carbons (Fsp3) is 0.148. The molecule has 2 aliphatic rings. The Morgan fingerprint density at radius 3 is 2.70 bits per heavy atom. The number of hydrogen-bond donors (Lipinski definition) is 3. The number of carbonyl (C=O) groups is 2. The Labute approximate surface area is 190 Å². The van der Waals surface area contributed by atoms with E-state index in [9.17, 15) is 9.59 Å². The number of nitrogens with one attached hydrogen (secondary N) is 3. The highest BCUT2D eigenvalue weighted by atomic mass is 16.2. The molecule has 2 amide bonds. The maximum Gasteiger partial charge on any atom is 0.272 e. The number of aryl methyl sites for hydroxylation is 1. The van der Waals surface area contributed by atoms with Gasteiger partial charge in [-0.3, -0.25) is 9.59 Å². The lowest BCUT2D eigenvalue weighted by molar-refractivity contribution is -0.121. The second-order valence-corrected chi connectivity index (χ2v) is 8.87. The third kappa shape index (κ3) is 2.98. The monoisotopic (exact) mass is 434 g/mol. The fourth-order valence-electron chi connectivity index (χ4n) is 5.09. The number of aromatic nitrogens is 1. The van der Waals surface area contributed by atoms with Crippen LogP contribution < -0.4 is 10.7 Å². The van der Waals surface area contributed by atoms with Crippen molar-refractivity contribution in [3.8, 4) is 11.3 Å². The van der Waals surface area contributed by atoms with Gasteiger partial charge < -0.3 is 10.3 Å². The van der Waals surface area contributed by atoms with Crippen molar-refractivity contribution >= 4 is 34.6 Å². The molecule has 0 saturated heterocycles. The molecule has 6 rings (SSSR count). The first kappa shape index (κ1) is 19.5. The lowest BCUT2D eigenvalue weighted by Crippen LogP contribution is -2.35. The molecule has 162 valence electrons. The summed E-state index contributed by atoms with van der Waals surface area (Å²) in [6, 6.07) is 21.7. The van der Waals surface area contributed by atoms with E-state index in [1.807, 2.05) is 61.5 Å². The van der Waals surface area contributed by atoms with E-state index in [1.165, 1.54) is 5.56 Å². The van der Waals surface area contributed by atoms with E-state index in [0.717, 1.165) is 46.1 Å². The smallest absolute Gasteiger partial charge is 0.272 e. The number of rotatable bonds is 3. The summed E-state index contributed by atoms with van der Waals surface area (Å²) < 4.78 is 0. The van der Waals surface area contributed by atoms with Crippen LogP contribution in [0.5, 0.6) is 0 Å². The van der Waals surface area contributed by atoms with E-state index >= 15 is 0 Å². The molecule has 6 nitrogen and oxygen atoms in total. The zero-order chi connectivity index (χ0) is 22.6. The molecule has 33 heavy (non-hydrogen) atoms. The molecule has 1 aliphatic heterocycles. The van der Waals surface area contributed by atoms with E-state index in [-0.39, 0.29) is 11.8 Å². The minimum Gasteiger partial charge on any atom is -0.354 e. The maximum absolute atomic E-state index is 13.4. The average Bonchev–Trinajstić information content (AvgIpc) is 3.32. The Hall–Kier alpha value is -4.19. The van der Waals surface area contributed by atoms with E-state index in [4.69, 9.17) is 0 Å². The molecule has 0 spiro atoms. The highest BCUT2D eigenvalue weighted by Crippen LogP contribution is 2.40. The van der Waals surface area contributed by atoms with Crippen molar-refractivity contribution in [2.24, 2.45) is 5.10 Å². The summed E-state index contributed by atoms with van der Waals surface area (Å²) in [7, 11) is 0. The van der Waals surface area contributed by atoms with Crippen molar-refractivity contribution in [3.63, 3.8) is 0 Å². The summed E-state index contributed by atoms with van der Waals surface area (Å²) in [5, 5.41) is 7.99. The van der Waals surface area contributed by atoms with Gasteiger partial charge in [-0.1, -0.05) is 54.6 Å². The first-order valence-electron chi connectivity index (χ1n) is 11.0. The van der Waals surface area contributed by atoms with Crippen LogP contribution >= 0.6 is 0 Å². The Kier molecular flexibility index (Phi) is 4.23. The second kappa shape index (κ2) is 7.17. The number of hydrogen-bond acceptors (Lipinski definition) is 3. The molecule has 6 heteroatoms. The zero-order valence-corrected chi connectivity index (χ0v) is 18.1. The summed E-state index contributed by atoms with van der Waals surface area (Å²) in [4.78, 5) is 29.7. The van der Waals surface area contributed by atoms with Gasteiger partial charge in [0.25, 0.3) is 5.91 Å². The Balaban J connectivity index is 1.45. The summed E-state index contributed by atoms with van der Waals surface area (Å²) in [5.41, 5.74) is 8.81. The molecule has 3 N–H and O–H groups in total. The van der Waals surface area contributed by atoms with Crippen molar-refractivity contribution < 1.29 is 9.59 Å². The number of nitrogens with zero attached hydrogens (tertiary/aromatic N) is 1. The van der Waals surface area contributed by atoms with Gasteiger partial charge in [-0.15, -0.1) is 0 Å². The number of H-pyrrole nitrogens is 1. The Bertz CT molecular complexity index is 1470. The molecule has 1 aromatic heterocycles. The highest BCUT2D eigenvalue weighted by molar-refractivity contribution is 6.18. The zero-order valence-electron chi connectivity index (χ0n) is 18.1. The number of benzene rings is 3. The van der Waals surface area contributed by atoms with Crippen LogP contribution in [0.3, 0.4) is 0 Å². The van der Waals surface area contributed by atoms with Gasteiger partial charge in [0.1, 0.15) is 0 Å². The predicted molar refractivity (Wildman–Crippen MR) is 130 cm³/mol. The van der Waals surface area contributed by atoms with Crippen LogP contribution in [0.1, 0.15) is 40.4 Å². The number of hydrazone groups is 1. The summed E-state index contributed by atoms with van der Waals surface area (Å²) in [6.45, 7) is 1.99. The maximum atomic E-state index is 13.4. The molecular weight excluding hydrogens is 412 g/mol. The van der Waals surface area contributed by atoms with Gasteiger partial charge in [0, 0.05) is 22.2 Å². The van der Waals surface area contributed by atoms with Crippen molar-refractivity contribution in [1.29, 1.82) is 0 Å². The van der Waals surface area contributed by atoms with Crippen LogP contribution in [0.25, 0.3) is 22.2 Å². The van der Waals surface area contributed by atoms with E-state index in [2.05, 4.69) is 26.9 Å². The van der Waals surface area contributed by atoms with Crippen molar-refractivity contribution in [3.05, 3.63) is 89.0 Å². The molecule has 0 fully saturated rings. The molecule has 0 saturated carbocycles. The molecule has 1 unspecified atom stereocenters. The first-order chi connectivity index (χ1) is 16.0. The van der Waals surface area contributed by atoms with Gasteiger partial charge in [-0.25, -0.2) is 5.43 Å². The van der Waals surface area contributed by atoms with Crippen molar-refractivity contribution in [2.75, 3.05) is 5.32 Å². The largest absolute Gasteiger partial charge is 0.354 e. The van der Waals surface area contributed by atoms with Crippen molar-refractivity contribution in [1.82, 2.24) is 10.4 Å². The van der Waals surface area contributed by atoms with Crippen LogP contribution in [-0.4, -0.2) is 23.0 Å². The minimum atomic E-state index is -0.610. The molecule has 4 aromatic rings. The second-order valence-electron chi connectivity index (χ2n) is 8.87. The molecule has 1 aliphatic carbocycles. The van der Waals surface area contributed by atoms with Crippen LogP contribution in [-0.2, 0) is 16.6 Å². The van der Waals surface area contributed by atoms with Gasteiger partial charge in [-0.2, -0.15) is 5.10 Å². The third-order valence-electron chi connectivity index (χ3n) is 6.87. The first-order valence-corrected chi connectivity index (χ1v) is 11.0. The Morgan fingerprint density at radius 2 is 1.85 bits per heavy atom. The number of amides is 2. The Morgan fingerprint density at radius 1 is 1.06 bits per heavy atom. The number of aromatic amines is 1. The summed E-state index contributed by atoms with van der Waals surface area (Å²) >= 11 is 0. The van der Waals surface area contributed by atoms with Gasteiger partial charge in [-0.05, 0) is 48.6 Å². The SMILES string of the molecule is CC1(C(=O)Nc2cc3c4c(c(-c5ccccc5)[nH]c4c2)C=NNC3=O)CCc2ccccc21. The molecule has 0 bridgehead atoms. The van der Waals surface area contributed by atoms with Crippen LogP contribution in [0.15, 0.2) is 71.8 Å². The van der Waals surface area contributed by atoms with Gasteiger partial charge in [0.15, 0.2) is 0 Å². The molecule has 0 radical (unpaired) electrons. The molecular formula is C27H22N4O2. The van der Waals surface area contributed by atoms with Crippen molar-refractivity contribution in [2.45, 2.75) is 25.2 Å². The van der Waals surface area contributed by atoms with Gasteiger partial charge in [0.2, 0.25) is 5.91 Å². The quantitative estimate of drug-likeness (QED) is 0.434. The number of anilines is 1. The predicted octanol–water partition coefficient (Wildman–Crippen LogP) is 4.75. The number of carbonyl (C=O) groups excluding carboxylic acids is 2. The average molecular weight is 434 g/mol. The lowest BCUT2D eigenvalue weighted by Gasteiger charge is -2.24. The standard InChI is InChI=1S/C27H22N4O2/c1-27(12-11-16-7-5-6-10-21(16)27)26(33)29-18-13-19-23-20(15-28-31-25(19)32)24(30-22(23)14-18)17-8-3-2-4-9-17/h2-10,13-15,30H,11-12H2,1H3,(H,29,33)(H,31,32). The van der Waals surface area contributed by atoms with Gasteiger partial charge >= 0.3 is 0 Å². The fourth-order valence-corrected chi connectivity index (χ4v) is 5.09. The molecule has 3 aromatic carbocycles. The minimum absolute atomic E-state index is 0.0701. The highest BCUT2D eigenvalue weighted by Gasteiger charge is 2.40. The normalized spacial score (nSPS) is 18.6. The van der Waals surface area contributed by atoms with Crippen LogP contribution in [0.4, 0.5) is 5.69 Å². The van der Waals surface area contributed by atoms with E-state index in [1.54, 1.807) is 12.3 Å². The van der Waals surface area contributed by atoms with E-state index in [0.29, 0.717) is 11.3 Å². The van der Waals surface area contributed by atoms with Crippen LogP contribution in [0.2, 0.25) is 0 Å².